The van der Waals surface area contributed by atoms with Gasteiger partial charge in [0.05, 0.1) is 17.3 Å². The molecule has 0 radical (unpaired) electrons. The van der Waals surface area contributed by atoms with Crippen molar-refractivity contribution in [2.45, 2.75) is 13.8 Å². The number of methoxy groups -OCH3 is 1. The molecule has 0 amide bonds. The van der Waals surface area contributed by atoms with E-state index in [4.69, 9.17) is 26.1 Å². The van der Waals surface area contributed by atoms with Gasteiger partial charge in [0.15, 0.2) is 11.3 Å². The lowest BCUT2D eigenvalue weighted by molar-refractivity contribution is 0.404. The van der Waals surface area contributed by atoms with Gasteiger partial charge in [0.1, 0.15) is 11.5 Å². The first-order chi connectivity index (χ1) is 15.5. The summed E-state index contributed by atoms with van der Waals surface area (Å²) >= 11 is 6.71. The van der Waals surface area contributed by atoms with Crippen LogP contribution in [-0.2, 0) is 0 Å². The quantitative estimate of drug-likeness (QED) is 0.315. The number of aryl methyl sites for hydroxylation is 2. The first-order valence-electron chi connectivity index (χ1n) is 9.71. The fourth-order valence-corrected chi connectivity index (χ4v) is 4.78. The van der Waals surface area contributed by atoms with Crippen molar-refractivity contribution in [1.82, 2.24) is 14.5 Å². The van der Waals surface area contributed by atoms with Crippen LogP contribution in [0.3, 0.4) is 0 Å². The second-order valence-corrected chi connectivity index (χ2v) is 8.43. The average Bonchev–Trinajstić information content (AvgIpc) is 3.21. The van der Waals surface area contributed by atoms with Crippen LogP contribution in [-0.4, -0.2) is 21.6 Å². The van der Waals surface area contributed by atoms with Crippen molar-refractivity contribution in [3.8, 4) is 22.4 Å². The summed E-state index contributed by atoms with van der Waals surface area (Å²) in [7, 11) is 1.49. The monoisotopic (exact) mass is 463 g/mol. The third-order valence-electron chi connectivity index (χ3n) is 5.12. The molecule has 0 N–H and O–H groups in total. The van der Waals surface area contributed by atoms with Gasteiger partial charge in [-0.15, -0.1) is 0 Å². The highest BCUT2D eigenvalue weighted by Crippen LogP contribution is 2.36. The highest BCUT2D eigenvalue weighted by molar-refractivity contribution is 7.71. The summed E-state index contributed by atoms with van der Waals surface area (Å²) in [5, 5.41) is 0.404. The van der Waals surface area contributed by atoms with Gasteiger partial charge < -0.3 is 13.9 Å². The van der Waals surface area contributed by atoms with Gasteiger partial charge in [-0.05, 0) is 49.8 Å². The van der Waals surface area contributed by atoms with Crippen molar-refractivity contribution in [2.24, 2.45) is 0 Å². The van der Waals surface area contributed by atoms with Crippen molar-refractivity contribution >= 4 is 44.9 Å². The van der Waals surface area contributed by atoms with Crippen molar-refractivity contribution in [1.29, 1.82) is 0 Å². The number of pyridine rings is 1. The smallest absolute Gasteiger partial charge is 0.290 e. The number of aromatic nitrogens is 3. The summed E-state index contributed by atoms with van der Waals surface area (Å²) in [5.41, 5.74) is 2.62. The van der Waals surface area contributed by atoms with Gasteiger partial charge in [0, 0.05) is 17.8 Å². The number of ether oxygens (including phenoxy) is 2. The summed E-state index contributed by atoms with van der Waals surface area (Å²) < 4.78 is 19.3. The highest BCUT2D eigenvalue weighted by atomic mass is 32.1. The molecule has 5 rings (SSSR count). The number of fused-ring (bicyclic) bond motifs is 2. The maximum atomic E-state index is 13.2. The first kappa shape index (κ1) is 20.3. The normalized spacial score (nSPS) is 11.2. The van der Waals surface area contributed by atoms with Gasteiger partial charge in [0.2, 0.25) is 10.7 Å². The van der Waals surface area contributed by atoms with Crippen LogP contribution in [0.15, 0.2) is 57.9 Å². The van der Waals surface area contributed by atoms with E-state index in [0.29, 0.717) is 10.9 Å². The van der Waals surface area contributed by atoms with Crippen LogP contribution in [0, 0.1) is 18.7 Å². The molecule has 0 fully saturated rings. The third kappa shape index (κ3) is 3.26. The Morgan fingerprint density at radius 1 is 1.06 bits per heavy atom. The molecule has 3 heterocycles. The van der Waals surface area contributed by atoms with Crippen molar-refractivity contribution < 1.29 is 13.9 Å². The van der Waals surface area contributed by atoms with E-state index >= 15 is 0 Å². The van der Waals surface area contributed by atoms with Gasteiger partial charge in [-0.1, -0.05) is 29.5 Å². The van der Waals surface area contributed by atoms with Gasteiger partial charge in [-0.25, -0.2) is 14.5 Å². The molecule has 7 nitrogen and oxygen atoms in total. The number of hydrogen-bond acceptors (Lipinski definition) is 8. The van der Waals surface area contributed by atoms with Crippen molar-refractivity contribution in [2.75, 3.05) is 7.11 Å². The second-order valence-electron chi connectivity index (χ2n) is 7.10. The van der Waals surface area contributed by atoms with Crippen LogP contribution in [0.4, 0.5) is 0 Å². The molecule has 0 aliphatic carbocycles. The lowest BCUT2D eigenvalue weighted by atomic mass is 10.2. The number of nitrogens with zero attached hydrogens (tertiary/aromatic N) is 3. The molecule has 0 aliphatic rings. The zero-order valence-electron chi connectivity index (χ0n) is 17.4. The number of para-hydroxylation sites is 1. The first-order valence-corrected chi connectivity index (χ1v) is 10.9. The summed E-state index contributed by atoms with van der Waals surface area (Å²) in [5.74, 6) is 1.91. The van der Waals surface area contributed by atoms with Gasteiger partial charge in [-0.3, -0.25) is 4.79 Å². The van der Waals surface area contributed by atoms with Crippen LogP contribution in [0.1, 0.15) is 11.1 Å². The summed E-state index contributed by atoms with van der Waals surface area (Å²) in [6.45, 7) is 3.96. The molecule has 5 aromatic rings. The molecule has 0 saturated carbocycles. The molecule has 2 aromatic carbocycles. The molecule has 0 saturated heterocycles. The van der Waals surface area contributed by atoms with E-state index in [0.717, 1.165) is 32.8 Å². The number of benzene rings is 2. The zero-order chi connectivity index (χ0) is 22.4. The maximum absolute atomic E-state index is 13.2. The molecule has 0 spiro atoms. The van der Waals surface area contributed by atoms with Gasteiger partial charge >= 0.3 is 0 Å². The van der Waals surface area contributed by atoms with Crippen molar-refractivity contribution in [3.63, 3.8) is 0 Å². The minimum absolute atomic E-state index is 0.0260. The predicted octanol–water partition coefficient (Wildman–Crippen LogP) is 5.74. The summed E-state index contributed by atoms with van der Waals surface area (Å²) in [4.78, 5) is 21.9. The van der Waals surface area contributed by atoms with E-state index in [1.807, 2.05) is 50.2 Å². The number of hydrogen-bond donors (Lipinski definition) is 0. The fourth-order valence-electron chi connectivity index (χ4n) is 3.42. The Balaban J connectivity index is 1.66. The standard InChI is InChI=1S/C23H17N3O4S2/c1-12-6-4-5-7-15(12)29-16-9-8-14-20(13(16)2)32-22(25-14)26-21(27)18-19(30-23(26)31)17(28-3)10-11-24-18/h4-11H,1-3H3. The largest absolute Gasteiger partial charge is 0.493 e. The predicted molar refractivity (Wildman–Crippen MR) is 126 cm³/mol. The molecule has 0 atom stereocenters. The molecular weight excluding hydrogens is 446 g/mol. The fraction of sp³-hybridized carbons (Fsp3) is 0.130. The Hall–Kier alpha value is -3.56. The van der Waals surface area contributed by atoms with Crippen molar-refractivity contribution in [3.05, 3.63) is 75.0 Å². The molecule has 9 heteroatoms. The summed E-state index contributed by atoms with van der Waals surface area (Å²) in [6.07, 6.45) is 1.49. The van der Waals surface area contributed by atoms with E-state index in [1.165, 1.54) is 29.2 Å². The van der Waals surface area contributed by atoms with E-state index in [2.05, 4.69) is 9.97 Å². The minimum Gasteiger partial charge on any atom is -0.493 e. The maximum Gasteiger partial charge on any atom is 0.290 e. The van der Waals surface area contributed by atoms with E-state index < -0.39 is 5.56 Å². The topological polar surface area (TPSA) is 79.4 Å². The lowest BCUT2D eigenvalue weighted by Gasteiger charge is -2.10. The average molecular weight is 464 g/mol. The zero-order valence-corrected chi connectivity index (χ0v) is 19.0. The van der Waals surface area contributed by atoms with E-state index in [9.17, 15) is 4.79 Å². The Labute approximate surface area is 191 Å². The molecule has 0 bridgehead atoms. The van der Waals surface area contributed by atoms with Gasteiger partial charge in [0.25, 0.3) is 10.4 Å². The Kier molecular flexibility index (Phi) is 4.99. The van der Waals surface area contributed by atoms with Crippen LogP contribution < -0.4 is 15.0 Å². The van der Waals surface area contributed by atoms with E-state index in [1.54, 1.807) is 6.07 Å². The molecule has 160 valence electrons. The SMILES string of the molecule is COc1ccnc2c(=O)n(-c3nc4ccc(Oc5ccccc5C)c(C)c4s3)c(=S)oc12. The third-order valence-corrected chi connectivity index (χ3v) is 6.56. The second kappa shape index (κ2) is 7.85. The molecule has 0 aliphatic heterocycles. The Morgan fingerprint density at radius 3 is 2.66 bits per heavy atom. The molecule has 3 aromatic heterocycles. The molecular formula is C23H17N3O4S2. The van der Waals surface area contributed by atoms with Crippen LogP contribution in [0.5, 0.6) is 17.2 Å². The number of thiazole rings is 1. The molecule has 32 heavy (non-hydrogen) atoms. The Morgan fingerprint density at radius 2 is 1.88 bits per heavy atom. The van der Waals surface area contributed by atoms with E-state index in [-0.39, 0.29) is 15.9 Å². The Bertz CT molecular complexity index is 1620. The van der Waals surface area contributed by atoms with Gasteiger partial charge in [-0.2, -0.15) is 0 Å². The molecule has 0 unspecified atom stereocenters. The van der Waals surface area contributed by atoms with Crippen LogP contribution in [0.25, 0.3) is 26.4 Å². The minimum atomic E-state index is -0.414. The van der Waals surface area contributed by atoms with Crippen LogP contribution in [0.2, 0.25) is 0 Å². The number of rotatable bonds is 4. The highest BCUT2D eigenvalue weighted by Gasteiger charge is 2.18. The lowest BCUT2D eigenvalue weighted by Crippen LogP contribution is -2.20. The van der Waals surface area contributed by atoms with Crippen LogP contribution >= 0.6 is 23.6 Å². The summed E-state index contributed by atoms with van der Waals surface area (Å²) in [6, 6.07) is 13.2.